The number of carbonyl (C=O) groups excluding carboxylic acids is 1. The third-order valence-electron chi connectivity index (χ3n) is 4.80. The Morgan fingerprint density at radius 1 is 1.24 bits per heavy atom. The van der Waals surface area contributed by atoms with Crippen LogP contribution in [0, 0.1) is 5.92 Å². The number of amides is 1. The molecule has 1 aromatic carbocycles. The smallest absolute Gasteiger partial charge is 0.238 e. The molecule has 4 nitrogen and oxygen atoms in total. The predicted molar refractivity (Wildman–Crippen MR) is 83.9 cm³/mol. The van der Waals surface area contributed by atoms with E-state index in [0.717, 1.165) is 17.6 Å². The van der Waals surface area contributed by atoms with Gasteiger partial charge in [-0.15, -0.1) is 0 Å². The molecule has 1 unspecified atom stereocenters. The van der Waals surface area contributed by atoms with Gasteiger partial charge in [0.2, 0.25) is 5.91 Å². The lowest BCUT2D eigenvalue weighted by Crippen LogP contribution is -2.41. The Morgan fingerprint density at radius 3 is 2.52 bits per heavy atom. The maximum atomic E-state index is 12.1. The van der Waals surface area contributed by atoms with Gasteiger partial charge in [0.05, 0.1) is 11.4 Å². The van der Waals surface area contributed by atoms with Gasteiger partial charge in [-0.05, 0) is 30.5 Å². The van der Waals surface area contributed by atoms with Crippen LogP contribution in [0.15, 0.2) is 40.1 Å². The number of halogens is 1. The summed E-state index contributed by atoms with van der Waals surface area (Å²) < 4.78 is 1.06. The summed E-state index contributed by atoms with van der Waals surface area (Å²) in [6, 6.07) is 8.30. The molecule has 0 spiro atoms. The van der Waals surface area contributed by atoms with Crippen molar-refractivity contribution in [1.82, 2.24) is 15.3 Å². The summed E-state index contributed by atoms with van der Waals surface area (Å²) in [5, 5.41) is 1.80. The van der Waals surface area contributed by atoms with Crippen LogP contribution in [-0.2, 0) is 4.79 Å². The van der Waals surface area contributed by atoms with E-state index in [1.165, 1.54) is 29.8 Å². The van der Waals surface area contributed by atoms with Crippen LogP contribution in [0.3, 0.4) is 0 Å². The predicted octanol–water partition coefficient (Wildman–Crippen LogP) is 2.79. The fraction of sp³-hybridized carbons (Fsp3) is 0.438. The molecule has 0 aromatic heterocycles. The van der Waals surface area contributed by atoms with E-state index < -0.39 is 0 Å². The van der Waals surface area contributed by atoms with E-state index in [1.54, 1.807) is 11.9 Å². The van der Waals surface area contributed by atoms with Crippen LogP contribution in [0.1, 0.15) is 31.4 Å². The minimum Gasteiger partial charge on any atom is -0.371 e. The van der Waals surface area contributed by atoms with E-state index >= 15 is 0 Å². The number of hydrazine groups is 1. The molecular weight excluding hydrogens is 330 g/mol. The summed E-state index contributed by atoms with van der Waals surface area (Å²) in [5.74, 6) is 0.658. The molecule has 4 aliphatic rings. The van der Waals surface area contributed by atoms with Crippen molar-refractivity contribution in [2.75, 3.05) is 13.1 Å². The van der Waals surface area contributed by atoms with Gasteiger partial charge in [0.15, 0.2) is 0 Å². The van der Waals surface area contributed by atoms with Crippen LogP contribution < -0.4 is 5.43 Å². The normalized spacial score (nSPS) is 24.4. The first-order valence-corrected chi connectivity index (χ1v) is 8.25. The molecule has 1 amide bonds. The number of nitrogens with one attached hydrogen (secondary N) is 1. The van der Waals surface area contributed by atoms with E-state index in [4.69, 9.17) is 0 Å². The first kappa shape index (κ1) is 13.2. The fourth-order valence-corrected chi connectivity index (χ4v) is 4.05. The number of allylic oxidation sites excluding steroid dienone is 1. The van der Waals surface area contributed by atoms with Crippen LogP contribution in [0.5, 0.6) is 0 Å². The molecule has 1 atom stereocenters. The Balaban J connectivity index is 1.80. The summed E-state index contributed by atoms with van der Waals surface area (Å²) in [6.07, 6.45) is 2.40. The number of piperidine rings is 1. The molecule has 110 valence electrons. The van der Waals surface area contributed by atoms with Gasteiger partial charge in [-0.1, -0.05) is 28.1 Å². The number of benzene rings is 1. The molecule has 0 saturated carbocycles. The number of hydrogen-bond acceptors (Lipinski definition) is 3. The Bertz CT molecular complexity index is 617. The van der Waals surface area contributed by atoms with Crippen molar-refractivity contribution >= 4 is 21.8 Å². The van der Waals surface area contributed by atoms with Crippen molar-refractivity contribution in [1.29, 1.82) is 0 Å². The van der Waals surface area contributed by atoms with E-state index in [0.29, 0.717) is 5.92 Å². The molecule has 1 fully saturated rings. The Labute approximate surface area is 132 Å². The molecule has 1 aromatic rings. The monoisotopic (exact) mass is 347 g/mol. The maximum absolute atomic E-state index is 12.1. The maximum Gasteiger partial charge on any atom is 0.238 e. The van der Waals surface area contributed by atoms with Crippen molar-refractivity contribution in [3.05, 3.63) is 45.7 Å². The molecule has 5 rings (SSSR count). The molecule has 21 heavy (non-hydrogen) atoms. The fourth-order valence-electron chi connectivity index (χ4n) is 3.79. The first-order valence-electron chi connectivity index (χ1n) is 7.46. The van der Waals surface area contributed by atoms with E-state index in [9.17, 15) is 4.79 Å². The van der Waals surface area contributed by atoms with Crippen molar-refractivity contribution in [2.45, 2.75) is 25.8 Å². The minimum absolute atomic E-state index is 0.00806. The zero-order chi connectivity index (χ0) is 14.6. The van der Waals surface area contributed by atoms with Gasteiger partial charge in [-0.2, -0.15) is 0 Å². The lowest BCUT2D eigenvalue weighted by molar-refractivity contribution is -0.132. The van der Waals surface area contributed by atoms with Crippen LogP contribution >= 0.6 is 15.9 Å². The quantitative estimate of drug-likeness (QED) is 0.848. The third-order valence-corrected chi connectivity index (χ3v) is 5.33. The average molecular weight is 348 g/mol. The summed E-state index contributed by atoms with van der Waals surface area (Å²) in [4.78, 5) is 14.5. The Kier molecular flexibility index (Phi) is 2.99. The number of hydrogen-bond donors (Lipinski definition) is 1. The highest BCUT2D eigenvalue weighted by Crippen LogP contribution is 2.46. The highest BCUT2D eigenvalue weighted by Gasteiger charge is 2.45. The number of nitrogens with zero attached hydrogens (tertiary/aromatic N) is 2. The molecule has 4 heterocycles. The molecule has 2 bridgehead atoms. The zero-order valence-corrected chi connectivity index (χ0v) is 13.6. The number of rotatable bonds is 1. The van der Waals surface area contributed by atoms with Gasteiger partial charge >= 0.3 is 0 Å². The topological polar surface area (TPSA) is 35.6 Å². The summed E-state index contributed by atoms with van der Waals surface area (Å²) in [5.41, 5.74) is 7.15. The van der Waals surface area contributed by atoms with Gasteiger partial charge in [-0.25, -0.2) is 5.01 Å². The molecular formula is C16H18BrN3O. The summed E-state index contributed by atoms with van der Waals surface area (Å²) in [7, 11) is 0. The van der Waals surface area contributed by atoms with Gasteiger partial charge in [0.1, 0.15) is 6.04 Å². The van der Waals surface area contributed by atoms with Crippen molar-refractivity contribution in [2.24, 2.45) is 5.92 Å². The van der Waals surface area contributed by atoms with E-state index in [1.807, 2.05) is 12.1 Å². The van der Waals surface area contributed by atoms with Gasteiger partial charge in [0.25, 0.3) is 0 Å². The van der Waals surface area contributed by atoms with Crippen LogP contribution in [0.2, 0.25) is 0 Å². The standard InChI is InChI=1S/C16H18BrN3O/c1-10(21)20-15(12-2-4-13(17)5-3-12)16-14(18-20)11-6-8-19(16)9-7-11/h2-5,11,15,18H,6-9H2,1H3. The van der Waals surface area contributed by atoms with Gasteiger partial charge < -0.3 is 4.90 Å². The second-order valence-corrected chi connectivity index (χ2v) is 6.93. The van der Waals surface area contributed by atoms with Gasteiger partial charge in [-0.3, -0.25) is 10.2 Å². The van der Waals surface area contributed by atoms with Crippen molar-refractivity contribution < 1.29 is 4.79 Å². The van der Waals surface area contributed by atoms with Crippen LogP contribution in [-0.4, -0.2) is 28.9 Å². The summed E-state index contributed by atoms with van der Waals surface area (Å²) in [6.45, 7) is 3.86. The van der Waals surface area contributed by atoms with Crippen LogP contribution in [0.25, 0.3) is 0 Å². The SMILES string of the molecule is CC(=O)N1NC2=C(C1c1ccc(Br)cc1)N1CCC2CC1. The van der Waals surface area contributed by atoms with E-state index in [-0.39, 0.29) is 11.9 Å². The zero-order valence-electron chi connectivity index (χ0n) is 12.0. The lowest BCUT2D eigenvalue weighted by Gasteiger charge is -2.42. The minimum atomic E-state index is 0.00806. The molecule has 4 aliphatic heterocycles. The summed E-state index contributed by atoms with van der Waals surface area (Å²) >= 11 is 3.48. The highest BCUT2D eigenvalue weighted by atomic mass is 79.9. The van der Waals surface area contributed by atoms with E-state index in [2.05, 4.69) is 38.4 Å². The van der Waals surface area contributed by atoms with Gasteiger partial charge in [0, 0.05) is 30.4 Å². The lowest BCUT2D eigenvalue weighted by atomic mass is 9.85. The molecule has 0 aliphatic carbocycles. The Hall–Kier alpha value is -1.49. The van der Waals surface area contributed by atoms with Crippen LogP contribution in [0.4, 0.5) is 0 Å². The molecule has 0 radical (unpaired) electrons. The Morgan fingerprint density at radius 2 is 1.90 bits per heavy atom. The third kappa shape index (κ3) is 1.98. The van der Waals surface area contributed by atoms with Crippen molar-refractivity contribution in [3.8, 4) is 0 Å². The highest BCUT2D eigenvalue weighted by molar-refractivity contribution is 9.10. The average Bonchev–Trinajstić information content (AvgIpc) is 2.92. The molecule has 1 N–H and O–H groups in total. The first-order chi connectivity index (χ1) is 10.1. The number of fused-ring (bicyclic) bond motifs is 2. The number of carbonyl (C=O) groups is 1. The second-order valence-electron chi connectivity index (χ2n) is 6.02. The molecule has 5 heteroatoms. The second kappa shape index (κ2) is 4.77. The largest absolute Gasteiger partial charge is 0.371 e. The van der Waals surface area contributed by atoms with Crippen molar-refractivity contribution in [3.63, 3.8) is 0 Å². The molecule has 1 saturated heterocycles.